The third-order valence-electron chi connectivity index (χ3n) is 5.19. The molecule has 1 aliphatic heterocycles. The Bertz CT molecular complexity index is 274. The molecule has 0 aromatic heterocycles. The summed E-state index contributed by atoms with van der Waals surface area (Å²) in [5.41, 5.74) is 0.409. The maximum absolute atomic E-state index is 6.18. The van der Waals surface area contributed by atoms with E-state index in [4.69, 9.17) is 4.74 Å². The summed E-state index contributed by atoms with van der Waals surface area (Å²) in [6.45, 7) is 12.6. The molecule has 2 heteroatoms. The Labute approximate surface area is 119 Å². The largest absolute Gasteiger partial charge is 0.377 e. The third-order valence-corrected chi connectivity index (χ3v) is 5.19. The first-order valence-corrected chi connectivity index (χ1v) is 8.42. The Kier molecular flexibility index (Phi) is 5.30. The minimum atomic E-state index is 0.409. The average molecular weight is 267 g/mol. The minimum Gasteiger partial charge on any atom is -0.377 e. The zero-order valence-corrected chi connectivity index (χ0v) is 13.4. The van der Waals surface area contributed by atoms with E-state index in [0.717, 1.165) is 37.5 Å². The van der Waals surface area contributed by atoms with Crippen molar-refractivity contribution in [3.05, 3.63) is 0 Å². The van der Waals surface area contributed by atoms with Crippen LogP contribution in [-0.4, -0.2) is 25.8 Å². The van der Waals surface area contributed by atoms with Crippen molar-refractivity contribution in [2.24, 2.45) is 23.2 Å². The molecule has 0 aromatic carbocycles. The zero-order chi connectivity index (χ0) is 13.9. The van der Waals surface area contributed by atoms with Gasteiger partial charge in [-0.15, -0.1) is 0 Å². The van der Waals surface area contributed by atoms with E-state index in [0.29, 0.717) is 11.5 Å². The molecular formula is C17H33NO. The lowest BCUT2D eigenvalue weighted by molar-refractivity contribution is 0.000853. The lowest BCUT2D eigenvalue weighted by Crippen LogP contribution is -2.47. The van der Waals surface area contributed by atoms with E-state index in [2.05, 4.69) is 33.0 Å². The molecule has 2 fully saturated rings. The Balaban J connectivity index is 2.02. The molecule has 19 heavy (non-hydrogen) atoms. The van der Waals surface area contributed by atoms with Crippen LogP contribution in [0.2, 0.25) is 0 Å². The standard InChI is InChI=1S/C17H33NO/c1-5-6-14(4)17(12-18-11-13(2)3)9-10-19-16(17)15-7-8-15/h13-16,18H,5-12H2,1-4H3. The fourth-order valence-corrected chi connectivity index (χ4v) is 3.89. The molecule has 2 rings (SSSR count). The van der Waals surface area contributed by atoms with Crippen molar-refractivity contribution in [3.8, 4) is 0 Å². The van der Waals surface area contributed by atoms with Gasteiger partial charge in [-0.1, -0.05) is 40.5 Å². The molecule has 0 radical (unpaired) electrons. The van der Waals surface area contributed by atoms with E-state index < -0.39 is 0 Å². The van der Waals surface area contributed by atoms with Crippen molar-refractivity contribution >= 4 is 0 Å². The van der Waals surface area contributed by atoms with Crippen LogP contribution in [0.5, 0.6) is 0 Å². The summed E-state index contributed by atoms with van der Waals surface area (Å²) >= 11 is 0. The molecule has 0 amide bonds. The first-order chi connectivity index (χ1) is 9.10. The number of rotatable bonds is 8. The maximum atomic E-state index is 6.18. The SMILES string of the molecule is CCCC(C)C1(CNCC(C)C)CCOC1C1CC1. The van der Waals surface area contributed by atoms with Gasteiger partial charge in [0.2, 0.25) is 0 Å². The van der Waals surface area contributed by atoms with Crippen LogP contribution in [0.4, 0.5) is 0 Å². The van der Waals surface area contributed by atoms with Gasteiger partial charge in [-0.2, -0.15) is 0 Å². The fourth-order valence-electron chi connectivity index (χ4n) is 3.89. The lowest BCUT2D eigenvalue weighted by Gasteiger charge is -2.40. The van der Waals surface area contributed by atoms with Crippen LogP contribution in [0.15, 0.2) is 0 Å². The van der Waals surface area contributed by atoms with Gasteiger partial charge in [-0.05, 0) is 43.6 Å². The number of hydrogen-bond acceptors (Lipinski definition) is 2. The molecule has 3 atom stereocenters. The van der Waals surface area contributed by atoms with E-state index in [1.807, 2.05) is 0 Å². The number of ether oxygens (including phenoxy) is 1. The summed E-state index contributed by atoms with van der Waals surface area (Å²) in [7, 11) is 0. The van der Waals surface area contributed by atoms with Crippen molar-refractivity contribution in [2.75, 3.05) is 19.7 Å². The number of nitrogens with one attached hydrogen (secondary N) is 1. The lowest BCUT2D eigenvalue weighted by atomic mass is 9.68. The van der Waals surface area contributed by atoms with Crippen molar-refractivity contribution < 1.29 is 4.74 Å². The van der Waals surface area contributed by atoms with Gasteiger partial charge in [0.15, 0.2) is 0 Å². The maximum Gasteiger partial charge on any atom is 0.0674 e. The molecule has 1 heterocycles. The van der Waals surface area contributed by atoms with Gasteiger partial charge >= 0.3 is 0 Å². The van der Waals surface area contributed by atoms with Crippen LogP contribution >= 0.6 is 0 Å². The Morgan fingerprint density at radius 3 is 2.58 bits per heavy atom. The molecule has 0 aromatic rings. The Hall–Kier alpha value is -0.0800. The second-order valence-corrected chi connectivity index (χ2v) is 7.33. The summed E-state index contributed by atoms with van der Waals surface area (Å²) in [5, 5.41) is 3.74. The summed E-state index contributed by atoms with van der Waals surface area (Å²) < 4.78 is 6.18. The van der Waals surface area contributed by atoms with Crippen LogP contribution in [0, 0.1) is 23.2 Å². The highest BCUT2D eigenvalue weighted by Gasteiger charge is 2.52. The highest BCUT2D eigenvalue weighted by molar-refractivity contribution is 5.02. The normalized spacial score (nSPS) is 33.0. The van der Waals surface area contributed by atoms with Crippen molar-refractivity contribution in [1.82, 2.24) is 5.32 Å². The highest BCUT2D eigenvalue weighted by Crippen LogP contribution is 2.52. The molecule has 1 N–H and O–H groups in total. The second-order valence-electron chi connectivity index (χ2n) is 7.33. The molecule has 2 aliphatic rings. The van der Waals surface area contributed by atoms with Crippen LogP contribution in [0.3, 0.4) is 0 Å². The van der Waals surface area contributed by atoms with Crippen LogP contribution in [0.1, 0.15) is 59.8 Å². The molecule has 3 unspecified atom stereocenters. The topological polar surface area (TPSA) is 21.3 Å². The predicted octanol–water partition coefficient (Wildman–Crippen LogP) is 3.85. The summed E-state index contributed by atoms with van der Waals surface area (Å²) in [6.07, 6.45) is 7.24. The number of hydrogen-bond donors (Lipinski definition) is 1. The van der Waals surface area contributed by atoms with Crippen molar-refractivity contribution in [2.45, 2.75) is 65.9 Å². The second kappa shape index (κ2) is 6.58. The van der Waals surface area contributed by atoms with E-state index in [1.54, 1.807) is 0 Å². The third kappa shape index (κ3) is 3.52. The molecule has 1 saturated heterocycles. The van der Waals surface area contributed by atoms with Crippen LogP contribution in [0.25, 0.3) is 0 Å². The minimum absolute atomic E-state index is 0.409. The van der Waals surface area contributed by atoms with Gasteiger partial charge in [0.05, 0.1) is 6.10 Å². The molecular weight excluding hydrogens is 234 g/mol. The van der Waals surface area contributed by atoms with E-state index in [-0.39, 0.29) is 0 Å². The fraction of sp³-hybridized carbons (Fsp3) is 1.00. The van der Waals surface area contributed by atoms with Crippen molar-refractivity contribution in [3.63, 3.8) is 0 Å². The molecule has 0 spiro atoms. The molecule has 112 valence electrons. The van der Waals surface area contributed by atoms with Crippen molar-refractivity contribution in [1.29, 1.82) is 0 Å². The van der Waals surface area contributed by atoms with E-state index in [1.165, 1.54) is 32.1 Å². The predicted molar refractivity (Wildman–Crippen MR) is 81.3 cm³/mol. The van der Waals surface area contributed by atoms with Crippen LogP contribution in [-0.2, 0) is 4.74 Å². The quantitative estimate of drug-likeness (QED) is 0.721. The monoisotopic (exact) mass is 267 g/mol. The first-order valence-electron chi connectivity index (χ1n) is 8.42. The van der Waals surface area contributed by atoms with Gasteiger partial charge < -0.3 is 10.1 Å². The van der Waals surface area contributed by atoms with Gasteiger partial charge in [-0.3, -0.25) is 0 Å². The highest BCUT2D eigenvalue weighted by atomic mass is 16.5. The first kappa shape index (κ1) is 15.3. The summed E-state index contributed by atoms with van der Waals surface area (Å²) in [6, 6.07) is 0. The molecule has 0 bridgehead atoms. The zero-order valence-electron chi connectivity index (χ0n) is 13.4. The molecule has 2 nitrogen and oxygen atoms in total. The molecule has 1 aliphatic carbocycles. The Morgan fingerprint density at radius 1 is 1.26 bits per heavy atom. The summed E-state index contributed by atoms with van der Waals surface area (Å²) in [5.74, 6) is 2.38. The summed E-state index contributed by atoms with van der Waals surface area (Å²) in [4.78, 5) is 0. The smallest absolute Gasteiger partial charge is 0.0674 e. The van der Waals surface area contributed by atoms with E-state index in [9.17, 15) is 0 Å². The van der Waals surface area contributed by atoms with Crippen LogP contribution < -0.4 is 5.32 Å². The van der Waals surface area contributed by atoms with Gasteiger partial charge in [0, 0.05) is 18.6 Å². The van der Waals surface area contributed by atoms with Gasteiger partial charge in [0.1, 0.15) is 0 Å². The van der Waals surface area contributed by atoms with Gasteiger partial charge in [-0.25, -0.2) is 0 Å². The average Bonchev–Trinajstić information content (AvgIpc) is 3.10. The van der Waals surface area contributed by atoms with Gasteiger partial charge in [0.25, 0.3) is 0 Å². The Morgan fingerprint density at radius 2 is 2.00 bits per heavy atom. The van der Waals surface area contributed by atoms with E-state index >= 15 is 0 Å². The molecule has 1 saturated carbocycles.